The molecule has 1 aliphatic rings. The fourth-order valence-corrected chi connectivity index (χ4v) is 3.18. The zero-order valence-electron chi connectivity index (χ0n) is 10.9. The molecule has 0 saturated carbocycles. The Bertz CT molecular complexity index is 765. The summed E-state index contributed by atoms with van der Waals surface area (Å²) in [5, 5.41) is 8.78. The highest BCUT2D eigenvalue weighted by molar-refractivity contribution is 14.1. The molecule has 0 saturated heterocycles. The molecule has 0 radical (unpaired) electrons. The van der Waals surface area contributed by atoms with Crippen molar-refractivity contribution in [1.29, 1.82) is 5.26 Å². The molecule has 0 atom stereocenters. The Kier molecular flexibility index (Phi) is 3.64. The van der Waals surface area contributed by atoms with Crippen LogP contribution in [0, 0.1) is 20.7 Å². The van der Waals surface area contributed by atoms with Gasteiger partial charge >= 0.3 is 0 Å². The lowest BCUT2D eigenvalue weighted by Gasteiger charge is -2.15. The molecule has 0 spiro atoms. The van der Waals surface area contributed by atoms with Crippen molar-refractivity contribution in [3.05, 3.63) is 68.0 Å². The van der Waals surface area contributed by atoms with Gasteiger partial charge in [-0.25, -0.2) is 4.39 Å². The number of carbonyl (C=O) groups excluding carboxylic acids is 1. The molecule has 0 fully saturated rings. The smallest absolute Gasteiger partial charge is 0.255 e. The molecule has 5 heteroatoms. The first kappa shape index (κ1) is 14.0. The van der Waals surface area contributed by atoms with Gasteiger partial charge in [-0.1, -0.05) is 18.2 Å². The molecule has 21 heavy (non-hydrogen) atoms. The van der Waals surface area contributed by atoms with Gasteiger partial charge in [0.05, 0.1) is 20.8 Å². The van der Waals surface area contributed by atoms with Crippen LogP contribution >= 0.6 is 22.6 Å². The summed E-state index contributed by atoms with van der Waals surface area (Å²) >= 11 is 1.88. The van der Waals surface area contributed by atoms with Crippen molar-refractivity contribution >= 4 is 28.5 Å². The van der Waals surface area contributed by atoms with E-state index >= 15 is 0 Å². The van der Waals surface area contributed by atoms with Crippen molar-refractivity contribution in [2.45, 2.75) is 13.1 Å². The number of rotatable bonds is 2. The average Bonchev–Trinajstić information content (AvgIpc) is 2.81. The van der Waals surface area contributed by atoms with Gasteiger partial charge in [0.1, 0.15) is 5.82 Å². The monoisotopic (exact) mass is 392 g/mol. The lowest BCUT2D eigenvalue weighted by Crippen LogP contribution is -2.23. The minimum Gasteiger partial charge on any atom is -0.330 e. The van der Waals surface area contributed by atoms with E-state index in [9.17, 15) is 9.18 Å². The van der Waals surface area contributed by atoms with E-state index < -0.39 is 0 Å². The molecular weight excluding hydrogens is 382 g/mol. The van der Waals surface area contributed by atoms with Crippen molar-refractivity contribution in [1.82, 2.24) is 4.90 Å². The molecule has 3 rings (SSSR count). The normalized spacial score (nSPS) is 13.2. The van der Waals surface area contributed by atoms with E-state index in [1.807, 2.05) is 34.7 Å². The van der Waals surface area contributed by atoms with Crippen LogP contribution in [-0.4, -0.2) is 10.8 Å². The van der Waals surface area contributed by atoms with Crippen molar-refractivity contribution in [3.63, 3.8) is 0 Å². The summed E-state index contributed by atoms with van der Waals surface area (Å²) in [6.45, 7) is 0.946. The summed E-state index contributed by atoms with van der Waals surface area (Å²) in [4.78, 5) is 14.1. The fourth-order valence-electron chi connectivity index (χ4n) is 2.42. The SMILES string of the molecule is N#Cc1ccc(CN2Cc3ccc(F)c(I)c3C2=O)cc1. The number of nitriles is 1. The van der Waals surface area contributed by atoms with Crippen LogP contribution in [0.15, 0.2) is 36.4 Å². The number of hydrogen-bond donors (Lipinski definition) is 0. The molecule has 3 nitrogen and oxygen atoms in total. The highest BCUT2D eigenvalue weighted by atomic mass is 127. The summed E-state index contributed by atoms with van der Waals surface area (Å²) in [7, 11) is 0. The van der Waals surface area contributed by atoms with Crippen molar-refractivity contribution in [2.24, 2.45) is 0 Å². The Labute approximate surface area is 135 Å². The first-order chi connectivity index (χ1) is 10.1. The highest BCUT2D eigenvalue weighted by Gasteiger charge is 2.30. The van der Waals surface area contributed by atoms with Gasteiger partial charge in [-0.15, -0.1) is 0 Å². The summed E-state index contributed by atoms with van der Waals surface area (Å²) in [6, 6.07) is 12.3. The molecule has 2 aromatic rings. The molecule has 0 bridgehead atoms. The van der Waals surface area contributed by atoms with Crippen LogP contribution in [0.3, 0.4) is 0 Å². The molecule has 0 aliphatic carbocycles. The lowest BCUT2D eigenvalue weighted by atomic mass is 10.1. The highest BCUT2D eigenvalue weighted by Crippen LogP contribution is 2.29. The Morgan fingerprint density at radius 1 is 1.24 bits per heavy atom. The Balaban J connectivity index is 1.85. The van der Waals surface area contributed by atoms with Gasteiger partial charge < -0.3 is 4.90 Å². The third kappa shape index (κ3) is 2.51. The number of carbonyl (C=O) groups is 1. The van der Waals surface area contributed by atoms with Crippen LogP contribution in [0.25, 0.3) is 0 Å². The molecule has 1 amide bonds. The number of nitrogens with zero attached hydrogens (tertiary/aromatic N) is 2. The summed E-state index contributed by atoms with van der Waals surface area (Å²) in [5.41, 5.74) is 2.88. The van der Waals surface area contributed by atoms with Gasteiger partial charge in [0.2, 0.25) is 0 Å². The second-order valence-electron chi connectivity index (χ2n) is 4.87. The second kappa shape index (κ2) is 5.45. The van der Waals surface area contributed by atoms with Gasteiger partial charge in [0.15, 0.2) is 0 Å². The minimum atomic E-state index is -0.358. The first-order valence-corrected chi connectivity index (χ1v) is 7.43. The Morgan fingerprint density at radius 3 is 2.62 bits per heavy atom. The topological polar surface area (TPSA) is 44.1 Å². The molecule has 1 heterocycles. The maximum absolute atomic E-state index is 13.6. The predicted octanol–water partition coefficient (Wildman–Crippen LogP) is 3.46. The van der Waals surface area contributed by atoms with E-state index in [1.54, 1.807) is 23.1 Å². The van der Waals surface area contributed by atoms with Crippen LogP contribution in [0.4, 0.5) is 4.39 Å². The summed E-state index contributed by atoms with van der Waals surface area (Å²) in [5.74, 6) is -0.499. The van der Waals surface area contributed by atoms with E-state index in [4.69, 9.17) is 5.26 Å². The zero-order valence-corrected chi connectivity index (χ0v) is 13.1. The molecule has 0 N–H and O–H groups in total. The van der Waals surface area contributed by atoms with Crippen LogP contribution in [-0.2, 0) is 13.1 Å². The fraction of sp³-hybridized carbons (Fsp3) is 0.125. The minimum absolute atomic E-state index is 0.141. The molecule has 104 valence electrons. The van der Waals surface area contributed by atoms with Crippen LogP contribution in [0.5, 0.6) is 0 Å². The van der Waals surface area contributed by atoms with Gasteiger partial charge in [0, 0.05) is 13.1 Å². The third-order valence-corrected chi connectivity index (χ3v) is 4.55. The summed E-state index contributed by atoms with van der Waals surface area (Å²) in [6.07, 6.45) is 0. The van der Waals surface area contributed by atoms with Crippen molar-refractivity contribution < 1.29 is 9.18 Å². The maximum Gasteiger partial charge on any atom is 0.255 e. The van der Waals surface area contributed by atoms with Crippen molar-refractivity contribution in [2.75, 3.05) is 0 Å². The van der Waals surface area contributed by atoms with Crippen LogP contribution in [0.1, 0.15) is 27.0 Å². The quantitative estimate of drug-likeness (QED) is 0.735. The third-order valence-electron chi connectivity index (χ3n) is 3.50. The van der Waals surface area contributed by atoms with Gasteiger partial charge in [0.25, 0.3) is 5.91 Å². The second-order valence-corrected chi connectivity index (χ2v) is 5.94. The van der Waals surface area contributed by atoms with Gasteiger partial charge in [-0.2, -0.15) is 5.26 Å². The average molecular weight is 392 g/mol. The largest absolute Gasteiger partial charge is 0.330 e. The van der Waals surface area contributed by atoms with Crippen LogP contribution in [0.2, 0.25) is 0 Å². The Morgan fingerprint density at radius 2 is 1.95 bits per heavy atom. The van der Waals surface area contributed by atoms with Crippen molar-refractivity contribution in [3.8, 4) is 6.07 Å². The first-order valence-electron chi connectivity index (χ1n) is 6.35. The van der Waals surface area contributed by atoms with E-state index in [2.05, 4.69) is 6.07 Å². The molecule has 1 aliphatic heterocycles. The number of halogens is 2. The molecule has 0 unspecified atom stereocenters. The molecule has 0 aromatic heterocycles. The number of benzene rings is 2. The van der Waals surface area contributed by atoms with E-state index in [0.29, 0.717) is 27.8 Å². The number of amides is 1. The van der Waals surface area contributed by atoms with Crippen LogP contribution < -0.4 is 0 Å². The Hall–Kier alpha value is -1.94. The molecular formula is C16H10FIN2O. The standard InChI is InChI=1S/C16H10FIN2O/c17-13-6-5-12-9-20(16(21)14(12)15(13)18)8-11-3-1-10(7-19)2-4-11/h1-6H,8-9H2. The number of hydrogen-bond acceptors (Lipinski definition) is 2. The number of fused-ring (bicyclic) bond motifs is 1. The van der Waals surface area contributed by atoms with E-state index in [1.165, 1.54) is 6.07 Å². The van der Waals surface area contributed by atoms with E-state index in [-0.39, 0.29) is 11.7 Å². The molecule has 2 aromatic carbocycles. The van der Waals surface area contributed by atoms with Gasteiger partial charge in [-0.05, 0) is 51.9 Å². The maximum atomic E-state index is 13.6. The van der Waals surface area contributed by atoms with Gasteiger partial charge in [-0.3, -0.25) is 4.79 Å². The predicted molar refractivity (Wildman–Crippen MR) is 83.9 cm³/mol. The summed E-state index contributed by atoms with van der Waals surface area (Å²) < 4.78 is 14.0. The van der Waals surface area contributed by atoms with E-state index in [0.717, 1.165) is 11.1 Å². The zero-order chi connectivity index (χ0) is 15.0. The lowest BCUT2D eigenvalue weighted by molar-refractivity contribution is 0.0765.